The minimum Gasteiger partial charge on any atom is -0.445 e. The Kier molecular flexibility index (Phi) is 5.91. The first-order valence-corrected chi connectivity index (χ1v) is 6.08. The molecule has 0 atom stereocenters. The second-order valence-corrected chi connectivity index (χ2v) is 4.16. The molecule has 1 aromatic carbocycles. The minimum absolute atomic E-state index is 0.0416. The van der Waals surface area contributed by atoms with Crippen molar-refractivity contribution < 1.29 is 14.3 Å². The van der Waals surface area contributed by atoms with Crippen molar-refractivity contribution in [3.8, 4) is 0 Å². The van der Waals surface area contributed by atoms with E-state index in [9.17, 15) is 9.59 Å². The Bertz CT molecular complexity index is 389. The van der Waals surface area contributed by atoms with E-state index in [0.29, 0.717) is 6.54 Å². The number of benzene rings is 1. The standard InChI is InChI=1S/C14H19NO3/c1-3-9-15(10-12(2)16)14(17)18-11-13-7-5-4-6-8-13/h4-8H,3,9-11H2,1-2H3. The Hall–Kier alpha value is -1.84. The third-order valence-electron chi connectivity index (χ3n) is 2.37. The highest BCUT2D eigenvalue weighted by atomic mass is 16.6. The molecule has 0 unspecified atom stereocenters. The van der Waals surface area contributed by atoms with E-state index in [1.807, 2.05) is 37.3 Å². The van der Waals surface area contributed by atoms with Crippen LogP contribution in [0.2, 0.25) is 0 Å². The summed E-state index contributed by atoms with van der Waals surface area (Å²) in [6.07, 6.45) is 0.365. The first-order chi connectivity index (χ1) is 8.63. The summed E-state index contributed by atoms with van der Waals surface area (Å²) < 4.78 is 5.18. The second-order valence-electron chi connectivity index (χ2n) is 4.16. The Balaban J connectivity index is 2.48. The fourth-order valence-electron chi connectivity index (χ4n) is 1.58. The molecule has 0 N–H and O–H groups in total. The van der Waals surface area contributed by atoms with Crippen LogP contribution in [0.4, 0.5) is 4.79 Å². The van der Waals surface area contributed by atoms with E-state index in [-0.39, 0.29) is 18.9 Å². The topological polar surface area (TPSA) is 46.6 Å². The van der Waals surface area contributed by atoms with Crippen LogP contribution in [-0.2, 0) is 16.1 Å². The molecule has 0 aliphatic carbocycles. The predicted octanol–water partition coefficient (Wildman–Crippen LogP) is 2.62. The second kappa shape index (κ2) is 7.48. The maximum absolute atomic E-state index is 11.8. The van der Waals surface area contributed by atoms with Crippen molar-refractivity contribution in [2.24, 2.45) is 0 Å². The molecule has 98 valence electrons. The zero-order chi connectivity index (χ0) is 13.4. The van der Waals surface area contributed by atoms with Crippen LogP contribution in [0.1, 0.15) is 25.8 Å². The van der Waals surface area contributed by atoms with Gasteiger partial charge in [-0.2, -0.15) is 0 Å². The van der Waals surface area contributed by atoms with Gasteiger partial charge in [-0.3, -0.25) is 4.79 Å². The summed E-state index contributed by atoms with van der Waals surface area (Å²) >= 11 is 0. The molecule has 0 aromatic heterocycles. The normalized spacial score (nSPS) is 9.89. The van der Waals surface area contributed by atoms with E-state index in [2.05, 4.69) is 0 Å². The number of amides is 1. The molecule has 0 saturated carbocycles. The Morgan fingerprint density at radius 3 is 2.44 bits per heavy atom. The van der Waals surface area contributed by atoms with E-state index < -0.39 is 6.09 Å². The zero-order valence-electron chi connectivity index (χ0n) is 10.9. The average Bonchev–Trinajstić information content (AvgIpc) is 2.36. The molecule has 0 fully saturated rings. The number of hydrogen-bond donors (Lipinski definition) is 0. The molecular weight excluding hydrogens is 230 g/mol. The van der Waals surface area contributed by atoms with Gasteiger partial charge in [-0.05, 0) is 18.9 Å². The molecule has 1 amide bonds. The summed E-state index contributed by atoms with van der Waals surface area (Å²) in [4.78, 5) is 24.3. The van der Waals surface area contributed by atoms with Crippen molar-refractivity contribution in [3.05, 3.63) is 35.9 Å². The Morgan fingerprint density at radius 2 is 1.89 bits per heavy atom. The van der Waals surface area contributed by atoms with E-state index in [4.69, 9.17) is 4.74 Å². The molecule has 0 aliphatic rings. The third kappa shape index (κ3) is 4.99. The summed E-state index contributed by atoms with van der Waals surface area (Å²) in [5.74, 6) is -0.0416. The van der Waals surface area contributed by atoms with E-state index in [1.165, 1.54) is 11.8 Å². The van der Waals surface area contributed by atoms with Gasteiger partial charge in [0.25, 0.3) is 0 Å². The van der Waals surface area contributed by atoms with Gasteiger partial charge < -0.3 is 9.64 Å². The number of carbonyl (C=O) groups is 2. The molecule has 4 heteroatoms. The van der Waals surface area contributed by atoms with Crippen LogP contribution in [0.25, 0.3) is 0 Å². The quantitative estimate of drug-likeness (QED) is 0.778. The van der Waals surface area contributed by atoms with Crippen LogP contribution in [0, 0.1) is 0 Å². The highest BCUT2D eigenvalue weighted by Crippen LogP contribution is 2.04. The van der Waals surface area contributed by atoms with Gasteiger partial charge >= 0.3 is 6.09 Å². The first-order valence-electron chi connectivity index (χ1n) is 6.08. The van der Waals surface area contributed by atoms with Gasteiger partial charge in [-0.1, -0.05) is 37.3 Å². The van der Waals surface area contributed by atoms with Gasteiger partial charge in [0.2, 0.25) is 0 Å². The van der Waals surface area contributed by atoms with Gasteiger partial charge in [-0.25, -0.2) is 4.79 Å². The van der Waals surface area contributed by atoms with E-state index >= 15 is 0 Å². The molecule has 0 saturated heterocycles. The van der Waals surface area contributed by atoms with Crippen LogP contribution in [-0.4, -0.2) is 29.9 Å². The van der Waals surface area contributed by atoms with Crippen molar-refractivity contribution >= 4 is 11.9 Å². The van der Waals surface area contributed by atoms with E-state index in [1.54, 1.807) is 0 Å². The number of rotatable bonds is 6. The fourth-order valence-corrected chi connectivity index (χ4v) is 1.58. The average molecular weight is 249 g/mol. The summed E-state index contributed by atoms with van der Waals surface area (Å²) in [6, 6.07) is 9.47. The predicted molar refractivity (Wildman–Crippen MR) is 69.2 cm³/mol. The lowest BCUT2D eigenvalue weighted by atomic mass is 10.2. The molecular formula is C14H19NO3. The SMILES string of the molecule is CCCN(CC(C)=O)C(=O)OCc1ccccc1. The number of Topliss-reactive ketones (excluding diaryl/α,β-unsaturated/α-hetero) is 1. The fraction of sp³-hybridized carbons (Fsp3) is 0.429. The van der Waals surface area contributed by atoms with Crippen molar-refractivity contribution in [1.82, 2.24) is 4.90 Å². The van der Waals surface area contributed by atoms with Crippen molar-refractivity contribution in [1.29, 1.82) is 0 Å². The largest absolute Gasteiger partial charge is 0.445 e. The van der Waals surface area contributed by atoms with Crippen LogP contribution in [0.5, 0.6) is 0 Å². The summed E-state index contributed by atoms with van der Waals surface area (Å²) in [5, 5.41) is 0. The number of ketones is 1. The van der Waals surface area contributed by atoms with Gasteiger partial charge in [0.15, 0.2) is 0 Å². The first kappa shape index (κ1) is 14.2. The molecule has 4 nitrogen and oxygen atoms in total. The number of hydrogen-bond acceptors (Lipinski definition) is 3. The molecule has 1 aromatic rings. The summed E-state index contributed by atoms with van der Waals surface area (Å²) in [6.45, 7) is 4.30. The number of nitrogens with zero attached hydrogens (tertiary/aromatic N) is 1. The highest BCUT2D eigenvalue weighted by molar-refractivity contribution is 5.81. The van der Waals surface area contributed by atoms with Crippen molar-refractivity contribution in [3.63, 3.8) is 0 Å². The van der Waals surface area contributed by atoms with Gasteiger partial charge in [-0.15, -0.1) is 0 Å². The van der Waals surface area contributed by atoms with E-state index in [0.717, 1.165) is 12.0 Å². The maximum atomic E-state index is 11.8. The molecule has 0 spiro atoms. The summed E-state index contributed by atoms with van der Waals surface area (Å²) in [5.41, 5.74) is 0.935. The zero-order valence-corrected chi connectivity index (χ0v) is 10.9. The molecule has 1 rings (SSSR count). The van der Waals surface area contributed by atoms with Gasteiger partial charge in [0.05, 0.1) is 6.54 Å². The van der Waals surface area contributed by atoms with Crippen LogP contribution in [0.3, 0.4) is 0 Å². The minimum atomic E-state index is -0.434. The lowest BCUT2D eigenvalue weighted by Gasteiger charge is -2.20. The molecule has 0 bridgehead atoms. The lowest BCUT2D eigenvalue weighted by Crippen LogP contribution is -2.35. The maximum Gasteiger partial charge on any atom is 0.410 e. The highest BCUT2D eigenvalue weighted by Gasteiger charge is 2.15. The molecule has 0 radical (unpaired) electrons. The molecule has 0 heterocycles. The smallest absolute Gasteiger partial charge is 0.410 e. The molecule has 18 heavy (non-hydrogen) atoms. The van der Waals surface area contributed by atoms with Crippen molar-refractivity contribution in [2.75, 3.05) is 13.1 Å². The van der Waals surface area contributed by atoms with Crippen molar-refractivity contribution in [2.45, 2.75) is 26.9 Å². The Labute approximate surface area is 108 Å². The monoisotopic (exact) mass is 249 g/mol. The number of ether oxygens (including phenoxy) is 1. The summed E-state index contributed by atoms with van der Waals surface area (Å²) in [7, 11) is 0. The van der Waals surface area contributed by atoms with Gasteiger partial charge in [0, 0.05) is 6.54 Å². The van der Waals surface area contributed by atoms with Gasteiger partial charge in [0.1, 0.15) is 12.4 Å². The lowest BCUT2D eigenvalue weighted by molar-refractivity contribution is -0.117. The third-order valence-corrected chi connectivity index (χ3v) is 2.37. The van der Waals surface area contributed by atoms with Crippen LogP contribution >= 0.6 is 0 Å². The Morgan fingerprint density at radius 1 is 1.22 bits per heavy atom. The number of carbonyl (C=O) groups excluding carboxylic acids is 2. The van der Waals surface area contributed by atoms with Crippen LogP contribution < -0.4 is 0 Å². The molecule has 0 aliphatic heterocycles. The van der Waals surface area contributed by atoms with Crippen LogP contribution in [0.15, 0.2) is 30.3 Å².